The van der Waals surface area contributed by atoms with Gasteiger partial charge >= 0.3 is 0 Å². The van der Waals surface area contributed by atoms with Gasteiger partial charge < -0.3 is 15.6 Å². The van der Waals surface area contributed by atoms with Crippen LogP contribution in [0.2, 0.25) is 0 Å². The molecule has 0 bridgehead atoms. The fraction of sp³-hybridized carbons (Fsp3) is 0.500. The van der Waals surface area contributed by atoms with Crippen molar-refractivity contribution in [3.63, 3.8) is 0 Å². The molecule has 0 spiro atoms. The minimum atomic E-state index is -0.807. The number of hydrogen-bond donors (Lipinski definition) is 2. The molecule has 14 heavy (non-hydrogen) atoms. The summed E-state index contributed by atoms with van der Waals surface area (Å²) in [5.74, 6) is 0.494. The van der Waals surface area contributed by atoms with E-state index >= 15 is 0 Å². The molecule has 0 saturated carbocycles. The Hall–Kier alpha value is -1.13. The molecule has 4 heteroatoms. The van der Waals surface area contributed by atoms with Gasteiger partial charge in [-0.05, 0) is 19.9 Å². The number of pyridine rings is 1. The molecule has 1 unspecified atom stereocenters. The predicted octanol–water partition coefficient (Wildman–Crippen LogP) is 0.647. The van der Waals surface area contributed by atoms with E-state index in [4.69, 9.17) is 15.6 Å². The molecule has 0 saturated heterocycles. The normalized spacial score (nSPS) is 14.9. The molecule has 1 atom stereocenters. The van der Waals surface area contributed by atoms with Crippen molar-refractivity contribution in [1.82, 2.24) is 4.98 Å². The Bertz CT molecular complexity index is 300. The first-order chi connectivity index (χ1) is 6.61. The zero-order valence-corrected chi connectivity index (χ0v) is 8.53. The first kappa shape index (κ1) is 10.9. The molecule has 0 radical (unpaired) electrons. The van der Waals surface area contributed by atoms with E-state index in [1.54, 1.807) is 19.2 Å². The largest absolute Gasteiger partial charge is 0.478 e. The summed E-state index contributed by atoms with van der Waals surface area (Å²) in [6.07, 6.45) is 1.64. The first-order valence-electron chi connectivity index (χ1n) is 4.60. The van der Waals surface area contributed by atoms with Crippen molar-refractivity contribution in [1.29, 1.82) is 0 Å². The molecule has 1 aromatic heterocycles. The zero-order chi connectivity index (χ0) is 10.6. The van der Waals surface area contributed by atoms with Gasteiger partial charge in [-0.25, -0.2) is 4.98 Å². The van der Waals surface area contributed by atoms with Crippen LogP contribution in [0.3, 0.4) is 0 Å². The SMILES string of the molecule is CCOc1ncccc1C(C)(N)CO. The number of nitrogens with two attached hydrogens (primary N) is 1. The second-order valence-electron chi connectivity index (χ2n) is 3.36. The van der Waals surface area contributed by atoms with Crippen LogP contribution in [-0.2, 0) is 5.54 Å². The maximum atomic E-state index is 9.13. The van der Waals surface area contributed by atoms with E-state index in [9.17, 15) is 0 Å². The molecule has 4 nitrogen and oxygen atoms in total. The number of ether oxygens (including phenoxy) is 1. The Balaban J connectivity index is 3.06. The molecular weight excluding hydrogens is 180 g/mol. The van der Waals surface area contributed by atoms with Crippen molar-refractivity contribution in [3.8, 4) is 5.88 Å². The quantitative estimate of drug-likeness (QED) is 0.741. The van der Waals surface area contributed by atoms with Gasteiger partial charge in [0, 0.05) is 11.8 Å². The number of aliphatic hydroxyl groups is 1. The van der Waals surface area contributed by atoms with Gasteiger partial charge in [0.05, 0.1) is 18.8 Å². The van der Waals surface area contributed by atoms with Crippen molar-refractivity contribution in [2.24, 2.45) is 5.73 Å². The molecule has 78 valence electrons. The van der Waals surface area contributed by atoms with Gasteiger partial charge in [-0.2, -0.15) is 0 Å². The molecule has 0 aliphatic heterocycles. The molecule has 0 amide bonds. The zero-order valence-electron chi connectivity index (χ0n) is 8.53. The summed E-state index contributed by atoms with van der Waals surface area (Å²) in [5.41, 5.74) is 5.82. The third kappa shape index (κ3) is 2.21. The van der Waals surface area contributed by atoms with Gasteiger partial charge in [0.25, 0.3) is 0 Å². The van der Waals surface area contributed by atoms with Crippen LogP contribution in [0, 0.1) is 0 Å². The molecular formula is C10H16N2O2. The average molecular weight is 196 g/mol. The Morgan fingerprint density at radius 3 is 2.93 bits per heavy atom. The highest BCUT2D eigenvalue weighted by atomic mass is 16.5. The number of rotatable bonds is 4. The van der Waals surface area contributed by atoms with Crippen LogP contribution in [-0.4, -0.2) is 23.3 Å². The minimum absolute atomic E-state index is 0.140. The second-order valence-corrected chi connectivity index (χ2v) is 3.36. The van der Waals surface area contributed by atoms with E-state index < -0.39 is 5.54 Å². The van der Waals surface area contributed by atoms with Gasteiger partial charge in [0.15, 0.2) is 0 Å². The molecule has 0 fully saturated rings. The van der Waals surface area contributed by atoms with Crippen LogP contribution >= 0.6 is 0 Å². The minimum Gasteiger partial charge on any atom is -0.478 e. The second kappa shape index (κ2) is 4.39. The van der Waals surface area contributed by atoms with Crippen LogP contribution in [0.25, 0.3) is 0 Å². The van der Waals surface area contributed by atoms with Crippen LogP contribution in [0.15, 0.2) is 18.3 Å². The van der Waals surface area contributed by atoms with Crippen molar-refractivity contribution in [3.05, 3.63) is 23.9 Å². The van der Waals surface area contributed by atoms with Crippen molar-refractivity contribution in [2.45, 2.75) is 19.4 Å². The Kier molecular flexibility index (Phi) is 3.43. The summed E-state index contributed by atoms with van der Waals surface area (Å²) in [7, 11) is 0. The van der Waals surface area contributed by atoms with Gasteiger partial charge in [-0.1, -0.05) is 6.07 Å². The number of hydrogen-bond acceptors (Lipinski definition) is 4. The Morgan fingerprint density at radius 1 is 1.64 bits per heavy atom. The molecule has 0 aromatic carbocycles. The summed E-state index contributed by atoms with van der Waals surface area (Å²) >= 11 is 0. The van der Waals surface area contributed by atoms with E-state index in [1.807, 2.05) is 13.0 Å². The van der Waals surface area contributed by atoms with Gasteiger partial charge in [0.2, 0.25) is 5.88 Å². The van der Waals surface area contributed by atoms with Crippen molar-refractivity contribution < 1.29 is 9.84 Å². The first-order valence-corrected chi connectivity index (χ1v) is 4.60. The lowest BCUT2D eigenvalue weighted by Crippen LogP contribution is -2.37. The summed E-state index contributed by atoms with van der Waals surface area (Å²) in [6, 6.07) is 3.59. The van der Waals surface area contributed by atoms with E-state index in [0.29, 0.717) is 12.5 Å². The highest BCUT2D eigenvalue weighted by molar-refractivity contribution is 5.32. The van der Waals surface area contributed by atoms with Gasteiger partial charge in [-0.3, -0.25) is 0 Å². The summed E-state index contributed by atoms with van der Waals surface area (Å²) in [4.78, 5) is 4.07. The number of nitrogens with zero attached hydrogens (tertiary/aromatic N) is 1. The van der Waals surface area contributed by atoms with Gasteiger partial charge in [-0.15, -0.1) is 0 Å². The Morgan fingerprint density at radius 2 is 2.36 bits per heavy atom. The van der Waals surface area contributed by atoms with E-state index in [1.165, 1.54) is 0 Å². The third-order valence-electron chi connectivity index (χ3n) is 2.00. The van der Waals surface area contributed by atoms with Crippen LogP contribution in [0.5, 0.6) is 5.88 Å². The number of aliphatic hydroxyl groups excluding tert-OH is 1. The fourth-order valence-electron chi connectivity index (χ4n) is 1.16. The molecule has 1 aromatic rings. The average Bonchev–Trinajstić information content (AvgIpc) is 2.19. The number of aromatic nitrogens is 1. The summed E-state index contributed by atoms with van der Waals surface area (Å²) < 4.78 is 5.32. The molecule has 0 aliphatic rings. The topological polar surface area (TPSA) is 68.4 Å². The smallest absolute Gasteiger partial charge is 0.218 e. The van der Waals surface area contributed by atoms with E-state index in [-0.39, 0.29) is 6.61 Å². The highest BCUT2D eigenvalue weighted by Crippen LogP contribution is 2.25. The van der Waals surface area contributed by atoms with Crippen LogP contribution in [0.1, 0.15) is 19.4 Å². The van der Waals surface area contributed by atoms with Crippen LogP contribution in [0.4, 0.5) is 0 Å². The molecule has 1 rings (SSSR count). The van der Waals surface area contributed by atoms with E-state index in [2.05, 4.69) is 4.98 Å². The lowest BCUT2D eigenvalue weighted by molar-refractivity contribution is 0.203. The van der Waals surface area contributed by atoms with Crippen LogP contribution < -0.4 is 10.5 Å². The lowest BCUT2D eigenvalue weighted by atomic mass is 9.95. The maximum absolute atomic E-state index is 9.13. The lowest BCUT2D eigenvalue weighted by Gasteiger charge is -2.23. The maximum Gasteiger partial charge on any atom is 0.218 e. The Labute approximate surface area is 83.7 Å². The third-order valence-corrected chi connectivity index (χ3v) is 2.00. The predicted molar refractivity (Wildman–Crippen MR) is 54.0 cm³/mol. The molecule has 0 aliphatic carbocycles. The highest BCUT2D eigenvalue weighted by Gasteiger charge is 2.24. The summed E-state index contributed by atoms with van der Waals surface area (Å²) in [6.45, 7) is 4.02. The molecule has 1 heterocycles. The molecule has 3 N–H and O–H groups in total. The van der Waals surface area contributed by atoms with Crippen molar-refractivity contribution in [2.75, 3.05) is 13.2 Å². The summed E-state index contributed by atoms with van der Waals surface area (Å²) in [5, 5.41) is 9.13. The monoisotopic (exact) mass is 196 g/mol. The standard InChI is InChI=1S/C10H16N2O2/c1-3-14-9-8(5-4-6-12-9)10(2,11)7-13/h4-6,13H,3,7,11H2,1-2H3. The fourth-order valence-corrected chi connectivity index (χ4v) is 1.16. The van der Waals surface area contributed by atoms with E-state index in [0.717, 1.165) is 5.56 Å². The van der Waals surface area contributed by atoms with Crippen molar-refractivity contribution >= 4 is 0 Å². The van der Waals surface area contributed by atoms with Gasteiger partial charge in [0.1, 0.15) is 0 Å².